The molecule has 0 saturated heterocycles. The zero-order chi connectivity index (χ0) is 19.6. The lowest BCUT2D eigenvalue weighted by Gasteiger charge is -2.03. The molecule has 0 amide bonds. The Labute approximate surface area is 172 Å². The minimum atomic E-state index is 0. The summed E-state index contributed by atoms with van der Waals surface area (Å²) < 4.78 is 0. The lowest BCUT2D eigenvalue weighted by Crippen LogP contribution is -1.88. The van der Waals surface area contributed by atoms with Crippen LogP contribution in [0, 0.1) is 0 Å². The van der Waals surface area contributed by atoms with Gasteiger partial charge in [-0.1, -0.05) is 104 Å². The Bertz CT molecular complexity index is 1070. The molecule has 0 aliphatic carbocycles. The lowest BCUT2D eigenvalue weighted by molar-refractivity contribution is 0.565. The second-order valence-corrected chi connectivity index (χ2v) is 6.04. The highest BCUT2D eigenvalue weighted by molar-refractivity contribution is 5.77. The van der Waals surface area contributed by atoms with Crippen molar-refractivity contribution in [3.63, 3.8) is 0 Å². The molecule has 144 valence electrons. The van der Waals surface area contributed by atoms with Gasteiger partial charge in [0.15, 0.2) is 0 Å². The van der Waals surface area contributed by atoms with E-state index in [4.69, 9.17) is 5.73 Å². The molecule has 0 radical (unpaired) electrons. The first-order valence-corrected chi connectivity index (χ1v) is 8.92. The number of anilines is 1. The second-order valence-electron chi connectivity index (χ2n) is 6.04. The maximum Gasteiger partial charge on any atom is 0.240 e. The average molecular weight is 380 g/mol. The third kappa shape index (κ3) is 5.77. The predicted molar refractivity (Wildman–Crippen MR) is 123 cm³/mol. The molecule has 0 heterocycles. The summed E-state index contributed by atoms with van der Waals surface area (Å²) in [5, 5.41) is 0. The molecule has 29 heavy (non-hydrogen) atoms. The fraction of sp³-hybridized carbons (Fsp3) is 0.0385. The molecule has 0 unspecified atom stereocenters. The molecule has 4 aromatic carbocycles. The maximum atomic E-state index is 10.3. The lowest BCUT2D eigenvalue weighted by atomic mass is 10.0. The average Bonchev–Trinajstić information content (AvgIpc) is 2.76. The Balaban J connectivity index is 0.000000202. The van der Waals surface area contributed by atoms with Gasteiger partial charge in [-0.25, -0.2) is 4.79 Å². The first-order valence-electron chi connectivity index (χ1n) is 8.92. The number of aliphatic imine (C=N–C) groups is 1. The fourth-order valence-corrected chi connectivity index (χ4v) is 2.86. The van der Waals surface area contributed by atoms with Crippen LogP contribution in [0.2, 0.25) is 0 Å². The molecule has 0 bridgehead atoms. The van der Waals surface area contributed by atoms with Crippen molar-refractivity contribution >= 4 is 17.5 Å². The van der Waals surface area contributed by atoms with Gasteiger partial charge in [-0.3, -0.25) is 0 Å². The highest BCUT2D eigenvalue weighted by atomic mass is 16.1. The van der Waals surface area contributed by atoms with Crippen molar-refractivity contribution in [3.05, 3.63) is 109 Å². The summed E-state index contributed by atoms with van der Waals surface area (Å²) in [4.78, 5) is 13.9. The summed E-state index contributed by atoms with van der Waals surface area (Å²) in [7, 11) is 0. The van der Waals surface area contributed by atoms with Crippen molar-refractivity contribution < 1.29 is 4.79 Å². The molecular weight excluding hydrogens is 356 g/mol. The van der Waals surface area contributed by atoms with Gasteiger partial charge in [0.1, 0.15) is 0 Å². The Morgan fingerprint density at radius 1 is 0.586 bits per heavy atom. The van der Waals surface area contributed by atoms with E-state index in [1.165, 1.54) is 5.56 Å². The topological polar surface area (TPSA) is 55.5 Å². The standard InChI is InChI=1S/C13H9NO.C12H11N.CH4/c15-10-14-13-9-5-4-8-12(13)11-6-2-1-3-7-11;13-12-9-5-4-8-11(12)10-6-2-1-3-7-10;/h1-9H;1-9H,13H2;1H4. The normalized spacial score (nSPS) is 9.24. The summed E-state index contributed by atoms with van der Waals surface area (Å²) in [5.41, 5.74) is 11.6. The van der Waals surface area contributed by atoms with E-state index >= 15 is 0 Å². The van der Waals surface area contributed by atoms with Gasteiger partial charge >= 0.3 is 0 Å². The van der Waals surface area contributed by atoms with Gasteiger partial charge in [0.25, 0.3) is 0 Å². The van der Waals surface area contributed by atoms with Crippen molar-refractivity contribution in [1.82, 2.24) is 0 Å². The molecule has 4 aromatic rings. The second kappa shape index (κ2) is 11.0. The Morgan fingerprint density at radius 2 is 1.03 bits per heavy atom. The van der Waals surface area contributed by atoms with E-state index in [1.807, 2.05) is 91.0 Å². The monoisotopic (exact) mass is 380 g/mol. The number of carbonyl (C=O) groups excluding carboxylic acids is 1. The van der Waals surface area contributed by atoms with Gasteiger partial charge in [0, 0.05) is 16.8 Å². The van der Waals surface area contributed by atoms with Crippen molar-refractivity contribution in [2.45, 2.75) is 7.43 Å². The highest BCUT2D eigenvalue weighted by Crippen LogP contribution is 2.29. The van der Waals surface area contributed by atoms with Gasteiger partial charge in [0.05, 0.1) is 5.69 Å². The molecule has 2 N–H and O–H groups in total. The van der Waals surface area contributed by atoms with Crippen LogP contribution in [0.5, 0.6) is 0 Å². The third-order valence-corrected chi connectivity index (χ3v) is 4.20. The number of isocyanates is 1. The van der Waals surface area contributed by atoms with E-state index < -0.39 is 0 Å². The van der Waals surface area contributed by atoms with Gasteiger partial charge in [-0.15, -0.1) is 0 Å². The number of nitrogen functional groups attached to an aromatic ring is 1. The first-order chi connectivity index (χ1) is 13.8. The van der Waals surface area contributed by atoms with Crippen molar-refractivity contribution in [1.29, 1.82) is 0 Å². The molecule has 4 rings (SSSR count). The highest BCUT2D eigenvalue weighted by Gasteiger charge is 2.02. The maximum absolute atomic E-state index is 10.3. The number of para-hydroxylation sites is 2. The van der Waals surface area contributed by atoms with Crippen molar-refractivity contribution in [3.8, 4) is 22.3 Å². The number of hydrogen-bond acceptors (Lipinski definition) is 3. The summed E-state index contributed by atoms with van der Waals surface area (Å²) in [5.74, 6) is 0. The van der Waals surface area contributed by atoms with E-state index in [0.29, 0.717) is 5.69 Å². The molecule has 3 heteroatoms. The zero-order valence-electron chi connectivity index (χ0n) is 15.3. The van der Waals surface area contributed by atoms with Crippen LogP contribution in [0.4, 0.5) is 11.4 Å². The smallest absolute Gasteiger partial charge is 0.240 e. The van der Waals surface area contributed by atoms with Crippen LogP contribution in [0.25, 0.3) is 22.3 Å². The molecule has 0 aromatic heterocycles. The zero-order valence-corrected chi connectivity index (χ0v) is 15.3. The molecule has 0 saturated carbocycles. The number of rotatable bonds is 3. The van der Waals surface area contributed by atoms with Crippen LogP contribution in [0.15, 0.2) is 114 Å². The van der Waals surface area contributed by atoms with Crippen molar-refractivity contribution in [2.24, 2.45) is 4.99 Å². The van der Waals surface area contributed by atoms with E-state index in [1.54, 1.807) is 12.1 Å². The number of nitrogens with zero attached hydrogens (tertiary/aromatic N) is 1. The van der Waals surface area contributed by atoms with Crippen LogP contribution in [0.3, 0.4) is 0 Å². The van der Waals surface area contributed by atoms with Crippen LogP contribution in [0.1, 0.15) is 7.43 Å². The number of nitrogens with two attached hydrogens (primary N) is 1. The summed E-state index contributed by atoms with van der Waals surface area (Å²) in [6.07, 6.45) is 1.57. The molecule has 0 aliphatic heterocycles. The van der Waals surface area contributed by atoms with Gasteiger partial charge in [-0.05, 0) is 23.3 Å². The molecule has 0 aliphatic rings. The van der Waals surface area contributed by atoms with Gasteiger partial charge in [0.2, 0.25) is 6.08 Å². The fourth-order valence-electron chi connectivity index (χ4n) is 2.86. The first kappa shape index (κ1) is 21.4. The number of hydrogen-bond donors (Lipinski definition) is 1. The van der Waals surface area contributed by atoms with Gasteiger partial charge < -0.3 is 5.73 Å². The quantitative estimate of drug-likeness (QED) is 0.239. The van der Waals surface area contributed by atoms with Crippen LogP contribution in [-0.4, -0.2) is 6.08 Å². The molecule has 0 atom stereocenters. The third-order valence-electron chi connectivity index (χ3n) is 4.20. The van der Waals surface area contributed by atoms with E-state index in [0.717, 1.165) is 22.4 Å². The number of benzene rings is 4. The largest absolute Gasteiger partial charge is 0.398 e. The van der Waals surface area contributed by atoms with Crippen molar-refractivity contribution in [2.75, 3.05) is 5.73 Å². The van der Waals surface area contributed by atoms with Crippen LogP contribution < -0.4 is 5.73 Å². The van der Waals surface area contributed by atoms with Crippen LogP contribution >= 0.6 is 0 Å². The predicted octanol–water partition coefficient (Wildman–Crippen LogP) is 6.89. The van der Waals surface area contributed by atoms with E-state index in [-0.39, 0.29) is 7.43 Å². The Morgan fingerprint density at radius 3 is 1.59 bits per heavy atom. The summed E-state index contributed by atoms with van der Waals surface area (Å²) in [6, 6.07) is 35.4. The Hall–Kier alpha value is -3.94. The van der Waals surface area contributed by atoms with Crippen LogP contribution in [-0.2, 0) is 4.79 Å². The summed E-state index contributed by atoms with van der Waals surface area (Å²) in [6.45, 7) is 0. The Kier molecular flexibility index (Phi) is 8.12. The minimum Gasteiger partial charge on any atom is -0.398 e. The molecule has 0 fully saturated rings. The molecule has 3 nitrogen and oxygen atoms in total. The molecular formula is C26H24N2O. The molecule has 0 spiro atoms. The van der Waals surface area contributed by atoms with E-state index in [2.05, 4.69) is 17.1 Å². The van der Waals surface area contributed by atoms with Gasteiger partial charge in [-0.2, -0.15) is 4.99 Å². The SMILES string of the molecule is C.Nc1ccccc1-c1ccccc1.O=C=Nc1ccccc1-c1ccccc1. The summed E-state index contributed by atoms with van der Waals surface area (Å²) >= 11 is 0. The van der Waals surface area contributed by atoms with E-state index in [9.17, 15) is 4.79 Å². The minimum absolute atomic E-state index is 0.